The van der Waals surface area contributed by atoms with E-state index in [1.807, 2.05) is 0 Å². The number of hydrogen-bond acceptors (Lipinski definition) is 5. The molecule has 0 heterocycles. The Hall–Kier alpha value is -3.02. The normalized spacial score (nSPS) is 11.3. The van der Waals surface area contributed by atoms with Crippen LogP contribution in [0.25, 0.3) is 0 Å². The Balaban J connectivity index is 1.93. The molecule has 1 atom stereocenters. The molecule has 0 aromatic heterocycles. The maximum atomic E-state index is 12.1. The summed E-state index contributed by atoms with van der Waals surface area (Å²) in [6, 6.07) is 13.3. The Kier molecular flexibility index (Phi) is 5.78. The van der Waals surface area contributed by atoms with E-state index in [0.29, 0.717) is 22.7 Å². The molecule has 126 valence electrons. The van der Waals surface area contributed by atoms with Gasteiger partial charge in [-0.25, -0.2) is 4.79 Å². The third kappa shape index (κ3) is 4.49. The number of methoxy groups -OCH3 is 2. The molecule has 2 rings (SSSR count). The van der Waals surface area contributed by atoms with Crippen LogP contribution >= 0.6 is 0 Å². The standard InChI is InChI=1S/C18H19NO5/c1-12(17(20)19-14-6-10-16(23-3)11-7-14)24-18(21)13-4-8-15(22-2)9-5-13/h4-12H,1-3H3,(H,19,20)/t12-/m0/s1. The number of hydrogen-bond donors (Lipinski definition) is 1. The van der Waals surface area contributed by atoms with Crippen molar-refractivity contribution >= 4 is 17.6 Å². The van der Waals surface area contributed by atoms with Crippen LogP contribution in [0.2, 0.25) is 0 Å². The number of carbonyl (C=O) groups is 2. The maximum absolute atomic E-state index is 12.1. The molecule has 24 heavy (non-hydrogen) atoms. The molecule has 0 radical (unpaired) electrons. The van der Waals surface area contributed by atoms with E-state index in [-0.39, 0.29) is 0 Å². The Morgan fingerprint density at radius 3 is 1.88 bits per heavy atom. The largest absolute Gasteiger partial charge is 0.497 e. The highest BCUT2D eigenvalue weighted by Gasteiger charge is 2.19. The van der Waals surface area contributed by atoms with Gasteiger partial charge in [0.1, 0.15) is 11.5 Å². The van der Waals surface area contributed by atoms with Crippen molar-refractivity contribution in [3.05, 3.63) is 54.1 Å². The van der Waals surface area contributed by atoms with Crippen LogP contribution in [0.1, 0.15) is 17.3 Å². The minimum Gasteiger partial charge on any atom is -0.497 e. The fraction of sp³-hybridized carbons (Fsp3) is 0.222. The molecular weight excluding hydrogens is 310 g/mol. The third-order valence-corrected chi connectivity index (χ3v) is 3.34. The summed E-state index contributed by atoms with van der Waals surface area (Å²) >= 11 is 0. The summed E-state index contributed by atoms with van der Waals surface area (Å²) in [7, 11) is 3.10. The van der Waals surface area contributed by atoms with E-state index < -0.39 is 18.0 Å². The fourth-order valence-electron chi connectivity index (χ4n) is 1.93. The zero-order valence-corrected chi connectivity index (χ0v) is 13.7. The minimum atomic E-state index is -0.929. The number of nitrogens with one attached hydrogen (secondary N) is 1. The first-order valence-electron chi connectivity index (χ1n) is 7.33. The van der Waals surface area contributed by atoms with E-state index in [4.69, 9.17) is 14.2 Å². The quantitative estimate of drug-likeness (QED) is 0.825. The first kappa shape index (κ1) is 17.3. The van der Waals surface area contributed by atoms with Gasteiger partial charge in [0.15, 0.2) is 6.10 Å². The Morgan fingerprint density at radius 1 is 0.875 bits per heavy atom. The van der Waals surface area contributed by atoms with Gasteiger partial charge in [0.05, 0.1) is 19.8 Å². The Bertz CT molecular complexity index is 694. The van der Waals surface area contributed by atoms with Gasteiger partial charge in [-0.3, -0.25) is 4.79 Å². The lowest BCUT2D eigenvalue weighted by molar-refractivity contribution is -0.123. The number of benzene rings is 2. The molecule has 0 saturated carbocycles. The molecule has 0 bridgehead atoms. The van der Waals surface area contributed by atoms with Crippen LogP contribution in [0.5, 0.6) is 11.5 Å². The molecule has 0 fully saturated rings. The monoisotopic (exact) mass is 329 g/mol. The summed E-state index contributed by atoms with van der Waals surface area (Å²) in [5, 5.41) is 2.68. The highest BCUT2D eigenvalue weighted by Crippen LogP contribution is 2.16. The van der Waals surface area contributed by atoms with Crippen molar-refractivity contribution in [1.82, 2.24) is 0 Å². The minimum absolute atomic E-state index is 0.347. The van der Waals surface area contributed by atoms with Crippen molar-refractivity contribution in [3.63, 3.8) is 0 Å². The van der Waals surface area contributed by atoms with Crippen molar-refractivity contribution in [2.45, 2.75) is 13.0 Å². The van der Waals surface area contributed by atoms with Crippen LogP contribution in [-0.4, -0.2) is 32.2 Å². The van der Waals surface area contributed by atoms with Crippen molar-refractivity contribution in [2.24, 2.45) is 0 Å². The molecule has 1 amide bonds. The number of esters is 1. The van der Waals surface area contributed by atoms with Crippen molar-refractivity contribution < 1.29 is 23.8 Å². The van der Waals surface area contributed by atoms with Crippen LogP contribution in [-0.2, 0) is 9.53 Å². The molecule has 0 aliphatic rings. The molecule has 1 N–H and O–H groups in total. The average molecular weight is 329 g/mol. The van der Waals surface area contributed by atoms with Gasteiger partial charge in [-0.2, -0.15) is 0 Å². The number of anilines is 1. The lowest BCUT2D eigenvalue weighted by atomic mass is 10.2. The van der Waals surface area contributed by atoms with Crippen LogP contribution < -0.4 is 14.8 Å². The molecule has 2 aromatic rings. The second kappa shape index (κ2) is 8.01. The molecule has 0 aliphatic heterocycles. The van der Waals surface area contributed by atoms with Gasteiger partial charge in [-0.05, 0) is 55.5 Å². The summed E-state index contributed by atoms with van der Waals surface area (Å²) in [5.41, 5.74) is 0.938. The number of rotatable bonds is 6. The predicted molar refractivity (Wildman–Crippen MR) is 89.5 cm³/mol. The van der Waals surface area contributed by atoms with Gasteiger partial charge in [0, 0.05) is 5.69 Å². The molecule has 2 aromatic carbocycles. The molecule has 6 nitrogen and oxygen atoms in total. The van der Waals surface area contributed by atoms with Gasteiger partial charge in [-0.1, -0.05) is 0 Å². The van der Waals surface area contributed by atoms with Gasteiger partial charge >= 0.3 is 5.97 Å². The lowest BCUT2D eigenvalue weighted by Gasteiger charge is -2.14. The topological polar surface area (TPSA) is 73.9 Å². The molecule has 0 spiro atoms. The summed E-state index contributed by atoms with van der Waals surface area (Å²) in [6.45, 7) is 1.51. The molecule has 0 saturated heterocycles. The second-order valence-corrected chi connectivity index (χ2v) is 4.99. The summed E-state index contributed by atoms with van der Waals surface area (Å²) in [6.07, 6.45) is -0.929. The molecular formula is C18H19NO5. The Morgan fingerprint density at radius 2 is 1.38 bits per heavy atom. The van der Waals surface area contributed by atoms with Gasteiger partial charge in [0.25, 0.3) is 5.91 Å². The van der Waals surface area contributed by atoms with E-state index in [0.717, 1.165) is 0 Å². The van der Waals surface area contributed by atoms with Crippen molar-refractivity contribution in [3.8, 4) is 11.5 Å². The lowest BCUT2D eigenvalue weighted by Crippen LogP contribution is -2.29. The molecule has 0 unspecified atom stereocenters. The second-order valence-electron chi connectivity index (χ2n) is 4.99. The van der Waals surface area contributed by atoms with Gasteiger partial charge in [-0.15, -0.1) is 0 Å². The van der Waals surface area contributed by atoms with E-state index in [9.17, 15) is 9.59 Å². The number of amides is 1. The smallest absolute Gasteiger partial charge is 0.338 e. The first-order valence-corrected chi connectivity index (χ1v) is 7.33. The van der Waals surface area contributed by atoms with Crippen molar-refractivity contribution in [1.29, 1.82) is 0 Å². The molecule has 6 heteroatoms. The van der Waals surface area contributed by atoms with E-state index in [1.165, 1.54) is 6.92 Å². The van der Waals surface area contributed by atoms with E-state index in [1.54, 1.807) is 62.8 Å². The van der Waals surface area contributed by atoms with Crippen LogP contribution in [0.15, 0.2) is 48.5 Å². The van der Waals surface area contributed by atoms with E-state index >= 15 is 0 Å². The highest BCUT2D eigenvalue weighted by molar-refractivity contribution is 5.97. The van der Waals surface area contributed by atoms with Crippen LogP contribution in [0.3, 0.4) is 0 Å². The first-order chi connectivity index (χ1) is 11.5. The van der Waals surface area contributed by atoms with E-state index in [2.05, 4.69) is 5.32 Å². The predicted octanol–water partition coefficient (Wildman–Crippen LogP) is 2.89. The summed E-state index contributed by atoms with van der Waals surface area (Å²) in [4.78, 5) is 24.1. The van der Waals surface area contributed by atoms with Crippen molar-refractivity contribution in [2.75, 3.05) is 19.5 Å². The maximum Gasteiger partial charge on any atom is 0.338 e. The zero-order valence-electron chi connectivity index (χ0n) is 13.7. The number of carbonyl (C=O) groups excluding carboxylic acids is 2. The highest BCUT2D eigenvalue weighted by atomic mass is 16.5. The average Bonchev–Trinajstić information content (AvgIpc) is 2.62. The Labute approximate surface area is 140 Å². The number of ether oxygens (including phenoxy) is 3. The zero-order chi connectivity index (χ0) is 17.5. The van der Waals surface area contributed by atoms with Crippen LogP contribution in [0, 0.1) is 0 Å². The summed E-state index contributed by atoms with van der Waals surface area (Å²) < 4.78 is 15.2. The molecule has 0 aliphatic carbocycles. The van der Waals surface area contributed by atoms with Gasteiger partial charge in [0.2, 0.25) is 0 Å². The SMILES string of the molecule is COc1ccc(NC(=O)[C@H](C)OC(=O)c2ccc(OC)cc2)cc1. The fourth-order valence-corrected chi connectivity index (χ4v) is 1.93. The third-order valence-electron chi connectivity index (χ3n) is 3.34. The van der Waals surface area contributed by atoms with Gasteiger partial charge < -0.3 is 19.5 Å². The van der Waals surface area contributed by atoms with Crippen LogP contribution in [0.4, 0.5) is 5.69 Å². The summed E-state index contributed by atoms with van der Waals surface area (Å²) in [5.74, 6) is 0.334.